The van der Waals surface area contributed by atoms with E-state index in [2.05, 4.69) is 37.9 Å². The second-order valence-corrected chi connectivity index (χ2v) is 16.9. The number of imide groups is 1. The van der Waals surface area contributed by atoms with E-state index in [1.54, 1.807) is 4.90 Å². The number of primary amides is 1. The number of para-hydroxylation sites is 1. The fraction of sp³-hybridized carbons (Fsp3) is 0.478. The van der Waals surface area contributed by atoms with Crippen molar-refractivity contribution in [2.24, 2.45) is 28.3 Å². The van der Waals surface area contributed by atoms with Crippen LogP contribution in [0.15, 0.2) is 89.4 Å². The summed E-state index contributed by atoms with van der Waals surface area (Å²) >= 11 is 0. The molecule has 0 unspecified atom stereocenters. The first-order valence-corrected chi connectivity index (χ1v) is 21.7. The summed E-state index contributed by atoms with van der Waals surface area (Å²) in [5, 5.41) is 9.79. The Hall–Kier alpha value is -5.40. The van der Waals surface area contributed by atoms with Gasteiger partial charge < -0.3 is 36.6 Å². The van der Waals surface area contributed by atoms with Crippen molar-refractivity contribution in [3.63, 3.8) is 0 Å². The first kappa shape index (κ1) is 40.4. The molecule has 4 aliphatic heterocycles. The molecule has 13 nitrogen and oxygen atoms in total. The van der Waals surface area contributed by atoms with Crippen molar-refractivity contribution in [1.29, 1.82) is 0 Å². The van der Waals surface area contributed by atoms with Gasteiger partial charge in [0, 0.05) is 62.6 Å². The van der Waals surface area contributed by atoms with E-state index in [4.69, 9.17) is 21.2 Å². The average Bonchev–Trinajstić information content (AvgIpc) is 3.26. The quantitative estimate of drug-likeness (QED) is 0.151. The standard InChI is InChI=1S/C46H59N9O4/c47-43(33-11-15-39(16-12-33)59-38-7-2-1-3-8-38)42(44(48)57)45-49-23-17-40(51-45)32-9-13-34(14-10-32)50-35-20-24-53(25-21-35)30-31-18-26-54(27-19-31)36-5-4-6-37(29-36)55-28-22-41(56)52-46(55)58/h1-8,11-12,15-16,29,31-32,34-35,40,50H,9-10,13-14,17-28,30,47H2,(H2,48,57)(H,49,51)(H,52,56,58)/t32?,34?,40-/m0/s1. The number of aliphatic imine (C=N–C) groups is 1. The van der Waals surface area contributed by atoms with Gasteiger partial charge in [0.05, 0.1) is 11.7 Å². The Morgan fingerprint density at radius 3 is 2.17 bits per heavy atom. The lowest BCUT2D eigenvalue weighted by molar-refractivity contribution is -0.120. The molecular formula is C46H59N9O4. The first-order chi connectivity index (χ1) is 28.8. The van der Waals surface area contributed by atoms with E-state index in [0.29, 0.717) is 59.7 Å². The maximum Gasteiger partial charge on any atom is 0.328 e. The Morgan fingerprint density at radius 1 is 0.763 bits per heavy atom. The molecule has 59 heavy (non-hydrogen) atoms. The molecule has 8 rings (SSSR count). The molecule has 13 heteroatoms. The third-order valence-electron chi connectivity index (χ3n) is 13.0. The average molecular weight is 802 g/mol. The Balaban J connectivity index is 0.767. The molecule has 3 aromatic rings. The summed E-state index contributed by atoms with van der Waals surface area (Å²) in [7, 11) is 0. The highest BCUT2D eigenvalue weighted by molar-refractivity contribution is 6.25. The summed E-state index contributed by atoms with van der Waals surface area (Å²) < 4.78 is 5.92. The molecule has 312 valence electrons. The van der Waals surface area contributed by atoms with Gasteiger partial charge in [-0.25, -0.2) is 4.79 Å². The fourth-order valence-corrected chi connectivity index (χ4v) is 9.65. The number of ether oxygens (including phenoxy) is 1. The second kappa shape index (κ2) is 18.7. The van der Waals surface area contributed by atoms with Gasteiger partial charge >= 0.3 is 6.03 Å². The van der Waals surface area contributed by atoms with Crippen LogP contribution >= 0.6 is 0 Å². The molecule has 0 aromatic heterocycles. The molecule has 3 aromatic carbocycles. The molecule has 7 N–H and O–H groups in total. The molecular weight excluding hydrogens is 743 g/mol. The lowest BCUT2D eigenvalue weighted by atomic mass is 9.80. The molecule has 4 fully saturated rings. The van der Waals surface area contributed by atoms with Gasteiger partial charge in [-0.05, 0) is 143 Å². The Labute approximate surface area is 347 Å². The van der Waals surface area contributed by atoms with Crippen LogP contribution in [0.5, 0.6) is 11.5 Å². The summed E-state index contributed by atoms with van der Waals surface area (Å²) in [6.45, 7) is 6.63. The van der Waals surface area contributed by atoms with E-state index < -0.39 is 5.91 Å². The molecule has 1 aliphatic carbocycles. The van der Waals surface area contributed by atoms with Crippen molar-refractivity contribution < 1.29 is 19.1 Å². The number of nitrogens with one attached hydrogen (secondary N) is 3. The van der Waals surface area contributed by atoms with Gasteiger partial charge in [0.2, 0.25) is 5.91 Å². The third kappa shape index (κ3) is 10.1. The minimum Gasteiger partial charge on any atom is -0.457 e. The van der Waals surface area contributed by atoms with E-state index in [1.165, 1.54) is 32.2 Å². The molecule has 4 amide bonds. The molecule has 3 saturated heterocycles. The molecule has 0 bridgehead atoms. The van der Waals surface area contributed by atoms with Crippen molar-refractivity contribution in [2.45, 2.75) is 82.3 Å². The van der Waals surface area contributed by atoms with Crippen LogP contribution in [0.25, 0.3) is 5.70 Å². The number of anilines is 2. The number of benzene rings is 3. The van der Waals surface area contributed by atoms with Crippen molar-refractivity contribution in [3.05, 3.63) is 90.0 Å². The molecule has 5 aliphatic rings. The predicted molar refractivity (Wildman–Crippen MR) is 232 cm³/mol. The normalized spacial score (nSPS) is 24.1. The summed E-state index contributed by atoms with van der Waals surface area (Å²) in [6, 6.07) is 26.0. The van der Waals surface area contributed by atoms with E-state index >= 15 is 0 Å². The predicted octanol–water partition coefficient (Wildman–Crippen LogP) is 5.37. The number of likely N-dealkylation sites (tertiary alicyclic amines) is 1. The number of carbonyl (C=O) groups excluding carboxylic acids is 3. The molecule has 1 saturated carbocycles. The van der Waals surface area contributed by atoms with Crippen LogP contribution in [0.1, 0.15) is 69.8 Å². The fourth-order valence-electron chi connectivity index (χ4n) is 9.65. The van der Waals surface area contributed by atoms with Crippen LogP contribution in [-0.2, 0) is 9.59 Å². The SMILES string of the molecule is NC(=O)C(C1=N[C@H](C2CCC(NC3CCN(CC4CCN(c5cccc(N6CCC(=O)NC6=O)c5)CC4)CC3)CC2)CCN1)=C(N)c1ccc(Oc2ccccc2)cc1. The van der Waals surface area contributed by atoms with Gasteiger partial charge in [0.1, 0.15) is 22.9 Å². The highest BCUT2D eigenvalue weighted by Crippen LogP contribution is 2.33. The zero-order valence-electron chi connectivity index (χ0n) is 34.0. The van der Waals surface area contributed by atoms with Crippen molar-refractivity contribution in [3.8, 4) is 11.5 Å². The molecule has 0 spiro atoms. The first-order valence-electron chi connectivity index (χ1n) is 21.7. The topological polar surface area (TPSA) is 171 Å². The van der Waals surface area contributed by atoms with Gasteiger partial charge in [0.25, 0.3) is 5.91 Å². The van der Waals surface area contributed by atoms with Gasteiger partial charge in [-0.2, -0.15) is 0 Å². The third-order valence-corrected chi connectivity index (χ3v) is 13.0. The van der Waals surface area contributed by atoms with Crippen LogP contribution in [0, 0.1) is 11.8 Å². The second-order valence-electron chi connectivity index (χ2n) is 16.9. The van der Waals surface area contributed by atoms with Crippen molar-refractivity contribution in [2.75, 3.05) is 55.6 Å². The smallest absolute Gasteiger partial charge is 0.328 e. The van der Waals surface area contributed by atoms with Crippen LogP contribution in [0.4, 0.5) is 16.2 Å². The number of hydrogen-bond acceptors (Lipinski definition) is 10. The maximum atomic E-state index is 12.8. The number of carbonyl (C=O) groups is 3. The number of urea groups is 1. The van der Waals surface area contributed by atoms with Crippen LogP contribution in [0.3, 0.4) is 0 Å². The minimum absolute atomic E-state index is 0.132. The summed E-state index contributed by atoms with van der Waals surface area (Å²) in [5.41, 5.74) is 15.8. The largest absolute Gasteiger partial charge is 0.457 e. The van der Waals surface area contributed by atoms with Crippen molar-refractivity contribution >= 4 is 40.8 Å². The Morgan fingerprint density at radius 2 is 1.46 bits per heavy atom. The zero-order chi connectivity index (χ0) is 40.7. The summed E-state index contributed by atoms with van der Waals surface area (Å²) in [5.74, 6) is 2.29. The Bertz CT molecular complexity index is 2000. The monoisotopic (exact) mass is 801 g/mol. The number of hydrogen-bond donors (Lipinski definition) is 5. The van der Waals surface area contributed by atoms with E-state index in [0.717, 1.165) is 82.0 Å². The summed E-state index contributed by atoms with van der Waals surface area (Å²) in [4.78, 5) is 48.6. The van der Waals surface area contributed by atoms with E-state index in [-0.39, 0.29) is 23.6 Å². The number of piperidine rings is 2. The maximum absolute atomic E-state index is 12.8. The lowest BCUT2D eigenvalue weighted by Crippen LogP contribution is -2.49. The van der Waals surface area contributed by atoms with Crippen LogP contribution in [-0.4, -0.2) is 92.5 Å². The minimum atomic E-state index is -0.589. The molecule has 1 atom stereocenters. The van der Waals surface area contributed by atoms with Gasteiger partial charge in [-0.1, -0.05) is 24.3 Å². The van der Waals surface area contributed by atoms with Crippen molar-refractivity contribution in [1.82, 2.24) is 20.9 Å². The van der Waals surface area contributed by atoms with Gasteiger partial charge in [0.15, 0.2) is 0 Å². The van der Waals surface area contributed by atoms with Crippen LogP contribution < -0.4 is 42.0 Å². The zero-order valence-corrected chi connectivity index (χ0v) is 34.0. The number of nitrogens with zero attached hydrogens (tertiary/aromatic N) is 4. The number of nitrogens with two attached hydrogens (primary N) is 2. The van der Waals surface area contributed by atoms with Crippen LogP contribution in [0.2, 0.25) is 0 Å². The van der Waals surface area contributed by atoms with E-state index in [9.17, 15) is 14.4 Å². The highest BCUT2D eigenvalue weighted by atomic mass is 16.5. The number of rotatable bonds is 12. The number of amides is 4. The summed E-state index contributed by atoms with van der Waals surface area (Å²) in [6.07, 6.45) is 10.5. The van der Waals surface area contributed by atoms with Gasteiger partial charge in [-0.15, -0.1) is 0 Å². The van der Waals surface area contributed by atoms with Gasteiger partial charge in [-0.3, -0.25) is 24.8 Å². The highest BCUT2D eigenvalue weighted by Gasteiger charge is 2.33. The lowest BCUT2D eigenvalue weighted by Gasteiger charge is -2.40. The van der Waals surface area contributed by atoms with E-state index in [1.807, 2.05) is 66.7 Å². The Kier molecular flexibility index (Phi) is 12.8. The molecule has 0 radical (unpaired) electrons. The number of amidine groups is 1. The molecule has 4 heterocycles.